The van der Waals surface area contributed by atoms with E-state index >= 15 is 0 Å². The van der Waals surface area contributed by atoms with Gasteiger partial charge in [-0.25, -0.2) is 4.98 Å². The van der Waals surface area contributed by atoms with Gasteiger partial charge in [-0.3, -0.25) is 14.5 Å². The maximum Gasteiger partial charge on any atom is 0.274 e. The molecule has 1 N–H and O–H groups in total. The molecule has 1 aromatic carbocycles. The summed E-state index contributed by atoms with van der Waals surface area (Å²) in [6.45, 7) is 3.52. The van der Waals surface area contributed by atoms with Gasteiger partial charge in [-0.15, -0.1) is 0 Å². The fourth-order valence-corrected chi connectivity index (χ4v) is 4.00. The van der Waals surface area contributed by atoms with E-state index in [4.69, 9.17) is 4.74 Å². The van der Waals surface area contributed by atoms with Crippen molar-refractivity contribution in [1.29, 1.82) is 0 Å². The molecule has 1 saturated heterocycles. The highest BCUT2D eigenvalue weighted by Gasteiger charge is 2.37. The fraction of sp³-hybridized carbons (Fsp3) is 0.435. The molecule has 30 heavy (non-hydrogen) atoms. The van der Waals surface area contributed by atoms with Gasteiger partial charge in [0.15, 0.2) is 11.6 Å². The average Bonchev–Trinajstić information content (AvgIpc) is 3.05. The van der Waals surface area contributed by atoms with Gasteiger partial charge in [0.25, 0.3) is 5.91 Å². The number of carbonyl (C=O) groups excluding carboxylic acids is 2. The van der Waals surface area contributed by atoms with Crippen molar-refractivity contribution < 1.29 is 14.3 Å². The highest BCUT2D eigenvalue weighted by molar-refractivity contribution is 6.03. The molecule has 3 heterocycles. The van der Waals surface area contributed by atoms with Gasteiger partial charge in [0, 0.05) is 24.8 Å². The van der Waals surface area contributed by atoms with Crippen LogP contribution >= 0.6 is 0 Å². The standard InChI is InChI=1S/C23H28N4O3/c28-20(24-13-16-26-14-6-1-2-7-15-26)17-27-22-19(11-8-12-25-22)30-21(23(27)29)18-9-4-3-5-10-18/h3-5,8-12,21H,1-2,6-7,13-17H2,(H,24,28). The second-order valence-electron chi connectivity index (χ2n) is 7.76. The number of nitrogens with one attached hydrogen (secondary N) is 1. The van der Waals surface area contributed by atoms with E-state index in [0.29, 0.717) is 18.1 Å². The van der Waals surface area contributed by atoms with Crippen molar-refractivity contribution >= 4 is 17.6 Å². The number of hydrogen-bond donors (Lipinski definition) is 1. The third-order valence-corrected chi connectivity index (χ3v) is 5.59. The van der Waals surface area contributed by atoms with Crippen molar-refractivity contribution in [2.45, 2.75) is 31.8 Å². The molecular weight excluding hydrogens is 380 g/mol. The van der Waals surface area contributed by atoms with Crippen LogP contribution in [0.5, 0.6) is 5.75 Å². The van der Waals surface area contributed by atoms with Crippen LogP contribution in [-0.2, 0) is 9.59 Å². The summed E-state index contributed by atoms with van der Waals surface area (Å²) in [5.74, 6) is 0.416. The van der Waals surface area contributed by atoms with Crippen LogP contribution in [0.25, 0.3) is 0 Å². The summed E-state index contributed by atoms with van der Waals surface area (Å²) in [5.41, 5.74) is 0.753. The summed E-state index contributed by atoms with van der Waals surface area (Å²) in [4.78, 5) is 33.9. The third kappa shape index (κ3) is 4.79. The van der Waals surface area contributed by atoms with Crippen LogP contribution in [0.2, 0.25) is 0 Å². The van der Waals surface area contributed by atoms with Gasteiger partial charge in [-0.2, -0.15) is 0 Å². The van der Waals surface area contributed by atoms with Crippen LogP contribution in [0.1, 0.15) is 37.4 Å². The minimum atomic E-state index is -0.784. The van der Waals surface area contributed by atoms with Crippen molar-refractivity contribution in [2.75, 3.05) is 37.6 Å². The largest absolute Gasteiger partial charge is 0.472 e. The smallest absolute Gasteiger partial charge is 0.274 e. The van der Waals surface area contributed by atoms with E-state index < -0.39 is 6.10 Å². The van der Waals surface area contributed by atoms with Crippen LogP contribution in [0.3, 0.4) is 0 Å². The zero-order chi connectivity index (χ0) is 20.8. The molecule has 4 rings (SSSR count). The van der Waals surface area contributed by atoms with E-state index in [9.17, 15) is 9.59 Å². The molecule has 0 saturated carbocycles. The molecule has 1 fully saturated rings. The molecule has 0 radical (unpaired) electrons. The minimum Gasteiger partial charge on any atom is -0.472 e. The number of nitrogens with zero attached hydrogens (tertiary/aromatic N) is 3. The summed E-state index contributed by atoms with van der Waals surface area (Å²) < 4.78 is 5.92. The van der Waals surface area contributed by atoms with Gasteiger partial charge in [0.1, 0.15) is 6.54 Å². The predicted molar refractivity (Wildman–Crippen MR) is 114 cm³/mol. The first-order chi connectivity index (χ1) is 14.7. The van der Waals surface area contributed by atoms with Crippen LogP contribution < -0.4 is 15.0 Å². The van der Waals surface area contributed by atoms with Gasteiger partial charge in [-0.1, -0.05) is 43.2 Å². The Morgan fingerprint density at radius 1 is 1.07 bits per heavy atom. The lowest BCUT2D eigenvalue weighted by atomic mass is 10.1. The lowest BCUT2D eigenvalue weighted by Gasteiger charge is -2.33. The Labute approximate surface area is 177 Å². The monoisotopic (exact) mass is 408 g/mol. The Bertz CT molecular complexity index is 866. The van der Waals surface area contributed by atoms with Crippen LogP contribution in [0, 0.1) is 0 Å². The number of aromatic nitrogens is 1. The molecule has 1 atom stereocenters. The molecule has 7 nitrogen and oxygen atoms in total. The molecule has 0 bridgehead atoms. The Hall–Kier alpha value is -2.93. The van der Waals surface area contributed by atoms with E-state index in [2.05, 4.69) is 15.2 Å². The second-order valence-corrected chi connectivity index (χ2v) is 7.76. The predicted octanol–water partition coefficient (Wildman–Crippen LogP) is 2.54. The summed E-state index contributed by atoms with van der Waals surface area (Å²) in [6, 6.07) is 12.9. The normalized spacial score (nSPS) is 19.5. The first-order valence-corrected chi connectivity index (χ1v) is 10.7. The van der Waals surface area contributed by atoms with Crippen LogP contribution in [0.15, 0.2) is 48.7 Å². The van der Waals surface area contributed by atoms with E-state index in [0.717, 1.165) is 25.2 Å². The highest BCUT2D eigenvalue weighted by atomic mass is 16.5. The molecule has 2 aliphatic heterocycles. The SMILES string of the molecule is O=C(CN1C(=O)C(c2ccccc2)Oc2cccnc21)NCCN1CCCCCC1. The molecule has 2 amide bonds. The van der Waals surface area contributed by atoms with Crippen molar-refractivity contribution in [1.82, 2.24) is 15.2 Å². The molecule has 2 aromatic rings. The lowest BCUT2D eigenvalue weighted by molar-refractivity contribution is -0.129. The van der Waals surface area contributed by atoms with Crippen molar-refractivity contribution in [3.05, 3.63) is 54.2 Å². The number of fused-ring (bicyclic) bond motifs is 1. The second kappa shape index (κ2) is 9.71. The summed E-state index contributed by atoms with van der Waals surface area (Å²) in [6.07, 6.45) is 5.84. The summed E-state index contributed by atoms with van der Waals surface area (Å²) in [5, 5.41) is 2.96. The number of hydrogen-bond acceptors (Lipinski definition) is 5. The lowest BCUT2D eigenvalue weighted by Crippen LogP contribution is -2.47. The van der Waals surface area contributed by atoms with E-state index in [1.165, 1.54) is 30.6 Å². The molecule has 1 unspecified atom stereocenters. The van der Waals surface area contributed by atoms with E-state index in [-0.39, 0.29) is 18.4 Å². The first-order valence-electron chi connectivity index (χ1n) is 10.7. The van der Waals surface area contributed by atoms with Gasteiger partial charge in [0.05, 0.1) is 0 Å². The minimum absolute atomic E-state index is 0.0739. The molecule has 158 valence electrons. The van der Waals surface area contributed by atoms with Crippen LogP contribution in [0.4, 0.5) is 5.82 Å². The third-order valence-electron chi connectivity index (χ3n) is 5.59. The Morgan fingerprint density at radius 3 is 2.60 bits per heavy atom. The Kier molecular flexibility index (Phi) is 6.59. The van der Waals surface area contributed by atoms with Crippen molar-refractivity contribution in [2.24, 2.45) is 0 Å². The van der Waals surface area contributed by atoms with Gasteiger partial charge in [-0.05, 0) is 38.1 Å². The zero-order valence-electron chi connectivity index (χ0n) is 17.1. The number of benzene rings is 1. The molecular formula is C23H28N4O3. The molecule has 2 aliphatic rings. The molecule has 0 spiro atoms. The Morgan fingerprint density at radius 2 is 1.83 bits per heavy atom. The van der Waals surface area contributed by atoms with E-state index in [1.54, 1.807) is 18.3 Å². The summed E-state index contributed by atoms with van der Waals surface area (Å²) in [7, 11) is 0. The molecule has 1 aromatic heterocycles. The van der Waals surface area contributed by atoms with Gasteiger partial charge >= 0.3 is 0 Å². The molecule has 7 heteroatoms. The number of amides is 2. The number of anilines is 1. The molecule has 0 aliphatic carbocycles. The number of pyridine rings is 1. The van der Waals surface area contributed by atoms with Gasteiger partial charge in [0.2, 0.25) is 12.0 Å². The average molecular weight is 409 g/mol. The number of likely N-dealkylation sites (tertiary alicyclic amines) is 1. The number of ether oxygens (including phenoxy) is 1. The number of carbonyl (C=O) groups is 2. The quantitative estimate of drug-likeness (QED) is 0.795. The number of rotatable bonds is 6. The van der Waals surface area contributed by atoms with E-state index in [1.807, 2.05) is 30.3 Å². The van der Waals surface area contributed by atoms with Crippen molar-refractivity contribution in [3.8, 4) is 5.75 Å². The Balaban J connectivity index is 1.41. The van der Waals surface area contributed by atoms with Gasteiger partial charge < -0.3 is 15.0 Å². The first kappa shape index (κ1) is 20.3. The maximum absolute atomic E-state index is 13.2. The van der Waals surface area contributed by atoms with Crippen molar-refractivity contribution in [3.63, 3.8) is 0 Å². The summed E-state index contributed by atoms with van der Waals surface area (Å²) >= 11 is 0. The maximum atomic E-state index is 13.2. The topological polar surface area (TPSA) is 74.8 Å². The highest BCUT2D eigenvalue weighted by Crippen LogP contribution is 2.36. The fourth-order valence-electron chi connectivity index (χ4n) is 4.00. The zero-order valence-corrected chi connectivity index (χ0v) is 17.1. The van der Waals surface area contributed by atoms with Crippen LogP contribution in [-0.4, -0.2) is 54.4 Å².